The van der Waals surface area contributed by atoms with Gasteiger partial charge in [0.25, 0.3) is 0 Å². The highest BCUT2D eigenvalue weighted by molar-refractivity contribution is 9.10. The summed E-state index contributed by atoms with van der Waals surface area (Å²) in [6.45, 7) is 0.889. The quantitative estimate of drug-likeness (QED) is 0.668. The second kappa shape index (κ2) is 7.09. The van der Waals surface area contributed by atoms with Gasteiger partial charge in [0.2, 0.25) is 0 Å². The van der Waals surface area contributed by atoms with E-state index in [1.807, 2.05) is 12.1 Å². The van der Waals surface area contributed by atoms with Crippen LogP contribution < -0.4 is 5.73 Å². The number of ether oxygens (including phenoxy) is 1. The number of nitrogens with zero attached hydrogens (tertiary/aromatic N) is 1. The van der Waals surface area contributed by atoms with Crippen LogP contribution in [0.1, 0.15) is 17.5 Å². The molecule has 4 heteroatoms. The van der Waals surface area contributed by atoms with Gasteiger partial charge < -0.3 is 10.5 Å². The van der Waals surface area contributed by atoms with E-state index in [2.05, 4.69) is 27.9 Å². The molecule has 0 aliphatic carbocycles. The van der Waals surface area contributed by atoms with Gasteiger partial charge in [-0.2, -0.15) is 5.26 Å². The molecule has 17 heavy (non-hydrogen) atoms. The van der Waals surface area contributed by atoms with Crippen LogP contribution in [-0.4, -0.2) is 12.6 Å². The SMILES string of the molecule is C#C[C@@H](N)CCOCc1ccc(Br)cc1C#N. The number of halogens is 1. The lowest BCUT2D eigenvalue weighted by Gasteiger charge is -2.07. The molecule has 0 heterocycles. The number of benzene rings is 1. The van der Waals surface area contributed by atoms with E-state index in [0.29, 0.717) is 25.2 Å². The van der Waals surface area contributed by atoms with Crippen LogP contribution in [0.25, 0.3) is 0 Å². The van der Waals surface area contributed by atoms with E-state index in [0.717, 1.165) is 10.0 Å². The first-order valence-corrected chi connectivity index (χ1v) is 5.94. The van der Waals surface area contributed by atoms with E-state index in [1.165, 1.54) is 0 Å². The van der Waals surface area contributed by atoms with Crippen molar-refractivity contribution in [3.8, 4) is 18.4 Å². The standard InChI is InChI=1S/C13H13BrN2O/c1-2-13(16)5-6-17-9-10-3-4-12(14)7-11(10)8-15/h1,3-4,7,13H,5-6,9,16H2/t13-/m1/s1. The number of nitrogens with two attached hydrogens (primary N) is 1. The normalized spacial score (nSPS) is 11.5. The highest BCUT2D eigenvalue weighted by Crippen LogP contribution is 2.16. The number of rotatable bonds is 5. The zero-order valence-electron chi connectivity index (χ0n) is 9.32. The molecule has 0 aliphatic rings. The summed E-state index contributed by atoms with van der Waals surface area (Å²) in [7, 11) is 0. The van der Waals surface area contributed by atoms with Crippen LogP contribution in [-0.2, 0) is 11.3 Å². The van der Waals surface area contributed by atoms with Gasteiger partial charge in [0, 0.05) is 11.1 Å². The van der Waals surface area contributed by atoms with Gasteiger partial charge in [-0.3, -0.25) is 0 Å². The van der Waals surface area contributed by atoms with Crippen molar-refractivity contribution in [2.75, 3.05) is 6.61 Å². The van der Waals surface area contributed by atoms with Gasteiger partial charge in [-0.1, -0.05) is 27.9 Å². The number of hydrogen-bond acceptors (Lipinski definition) is 3. The zero-order valence-corrected chi connectivity index (χ0v) is 10.9. The van der Waals surface area contributed by atoms with Crippen molar-refractivity contribution < 1.29 is 4.74 Å². The maximum Gasteiger partial charge on any atom is 0.0995 e. The van der Waals surface area contributed by atoms with Crippen LogP contribution in [0.5, 0.6) is 0 Å². The maximum atomic E-state index is 8.95. The molecule has 88 valence electrons. The van der Waals surface area contributed by atoms with Crippen molar-refractivity contribution in [1.82, 2.24) is 0 Å². The predicted octanol–water partition coefficient (Wildman–Crippen LogP) is 2.19. The van der Waals surface area contributed by atoms with Gasteiger partial charge in [-0.15, -0.1) is 6.42 Å². The summed E-state index contributed by atoms with van der Waals surface area (Å²) >= 11 is 3.32. The topological polar surface area (TPSA) is 59.0 Å². The Bertz CT molecular complexity index is 459. The molecule has 0 fully saturated rings. The molecule has 0 aromatic heterocycles. The molecule has 0 aliphatic heterocycles. The molecule has 0 amide bonds. The Morgan fingerprint density at radius 2 is 2.29 bits per heavy atom. The van der Waals surface area contributed by atoms with E-state index < -0.39 is 0 Å². The number of terminal acetylenes is 1. The molecular weight excluding hydrogens is 280 g/mol. The first-order valence-electron chi connectivity index (χ1n) is 5.15. The number of hydrogen-bond donors (Lipinski definition) is 1. The lowest BCUT2D eigenvalue weighted by molar-refractivity contribution is 0.117. The first kappa shape index (κ1) is 13.7. The molecule has 1 rings (SSSR count). The van der Waals surface area contributed by atoms with Gasteiger partial charge in [0.05, 0.1) is 24.3 Å². The fourth-order valence-corrected chi connectivity index (χ4v) is 1.62. The minimum Gasteiger partial charge on any atom is -0.377 e. The van der Waals surface area contributed by atoms with Crippen molar-refractivity contribution >= 4 is 15.9 Å². The van der Waals surface area contributed by atoms with Gasteiger partial charge >= 0.3 is 0 Å². The summed E-state index contributed by atoms with van der Waals surface area (Å²) < 4.78 is 6.31. The maximum absolute atomic E-state index is 8.95. The van der Waals surface area contributed by atoms with Crippen LogP contribution in [0.3, 0.4) is 0 Å². The molecule has 3 nitrogen and oxygen atoms in total. The molecule has 0 unspecified atom stereocenters. The van der Waals surface area contributed by atoms with Gasteiger partial charge in [-0.05, 0) is 24.1 Å². The van der Waals surface area contributed by atoms with E-state index in [1.54, 1.807) is 6.07 Å². The van der Waals surface area contributed by atoms with E-state index in [-0.39, 0.29) is 6.04 Å². The van der Waals surface area contributed by atoms with Gasteiger partial charge in [0.1, 0.15) is 0 Å². The van der Waals surface area contributed by atoms with Crippen LogP contribution in [0, 0.1) is 23.7 Å². The third-order valence-electron chi connectivity index (χ3n) is 2.24. The summed E-state index contributed by atoms with van der Waals surface area (Å²) in [6, 6.07) is 7.38. The molecule has 0 bridgehead atoms. The fourth-order valence-electron chi connectivity index (χ4n) is 1.25. The second-order valence-electron chi connectivity index (χ2n) is 3.53. The summed E-state index contributed by atoms with van der Waals surface area (Å²) in [5, 5.41) is 8.95. The minimum absolute atomic E-state index is 0.268. The largest absolute Gasteiger partial charge is 0.377 e. The highest BCUT2D eigenvalue weighted by atomic mass is 79.9. The van der Waals surface area contributed by atoms with Crippen LogP contribution >= 0.6 is 15.9 Å². The molecule has 0 radical (unpaired) electrons. The van der Waals surface area contributed by atoms with Crippen LogP contribution in [0.15, 0.2) is 22.7 Å². The lowest BCUT2D eigenvalue weighted by atomic mass is 10.1. The van der Waals surface area contributed by atoms with Gasteiger partial charge in [-0.25, -0.2) is 0 Å². The van der Waals surface area contributed by atoms with E-state index in [4.69, 9.17) is 22.2 Å². The fraction of sp³-hybridized carbons (Fsp3) is 0.308. The second-order valence-corrected chi connectivity index (χ2v) is 4.44. The molecule has 1 aromatic rings. The molecular formula is C13H13BrN2O. The summed E-state index contributed by atoms with van der Waals surface area (Å²) in [5.74, 6) is 2.43. The molecule has 0 saturated carbocycles. The Morgan fingerprint density at radius 3 is 2.94 bits per heavy atom. The minimum atomic E-state index is -0.268. The molecule has 0 spiro atoms. The third kappa shape index (κ3) is 4.58. The van der Waals surface area contributed by atoms with Crippen molar-refractivity contribution in [1.29, 1.82) is 5.26 Å². The van der Waals surface area contributed by atoms with Crippen molar-refractivity contribution in [3.05, 3.63) is 33.8 Å². The van der Waals surface area contributed by atoms with Crippen LogP contribution in [0.2, 0.25) is 0 Å². The third-order valence-corrected chi connectivity index (χ3v) is 2.73. The monoisotopic (exact) mass is 292 g/mol. The number of nitriles is 1. The molecule has 2 N–H and O–H groups in total. The smallest absolute Gasteiger partial charge is 0.0995 e. The van der Waals surface area contributed by atoms with E-state index >= 15 is 0 Å². The highest BCUT2D eigenvalue weighted by Gasteiger charge is 2.03. The Morgan fingerprint density at radius 1 is 1.53 bits per heavy atom. The van der Waals surface area contributed by atoms with Crippen LogP contribution in [0.4, 0.5) is 0 Å². The van der Waals surface area contributed by atoms with Crippen molar-refractivity contribution in [3.63, 3.8) is 0 Å². The average Bonchev–Trinajstić information content (AvgIpc) is 2.35. The Hall–Kier alpha value is -1.33. The predicted molar refractivity (Wildman–Crippen MR) is 69.9 cm³/mol. The molecule has 1 aromatic carbocycles. The van der Waals surface area contributed by atoms with E-state index in [9.17, 15) is 0 Å². The van der Waals surface area contributed by atoms with Crippen molar-refractivity contribution in [2.45, 2.75) is 19.1 Å². The summed E-state index contributed by atoms with van der Waals surface area (Å²) in [5.41, 5.74) is 7.03. The summed E-state index contributed by atoms with van der Waals surface area (Å²) in [6.07, 6.45) is 5.77. The van der Waals surface area contributed by atoms with Gasteiger partial charge in [0.15, 0.2) is 0 Å². The van der Waals surface area contributed by atoms with Crippen molar-refractivity contribution in [2.24, 2.45) is 5.73 Å². The lowest BCUT2D eigenvalue weighted by Crippen LogP contribution is -2.19. The summed E-state index contributed by atoms with van der Waals surface area (Å²) in [4.78, 5) is 0. The Balaban J connectivity index is 2.48. The molecule has 1 atom stereocenters. The Kier molecular flexibility index (Phi) is 5.72. The zero-order chi connectivity index (χ0) is 12.7. The molecule has 0 saturated heterocycles. The Labute approximate surface area is 110 Å². The average molecular weight is 293 g/mol. The first-order chi connectivity index (χ1) is 8.17.